The molecular weight excluding hydrogens is 244 g/mol. The smallest absolute Gasteiger partial charge is 0.0935 e. The lowest BCUT2D eigenvalue weighted by molar-refractivity contribution is 0.129. The first-order chi connectivity index (χ1) is 8.68. The number of allylic oxidation sites excluding steroid dienone is 1. The van der Waals surface area contributed by atoms with E-state index in [1.807, 2.05) is 6.26 Å². The van der Waals surface area contributed by atoms with E-state index in [-0.39, 0.29) is 5.41 Å². The van der Waals surface area contributed by atoms with Crippen LogP contribution in [0, 0.1) is 5.41 Å². The zero-order chi connectivity index (χ0) is 12.8. The third-order valence-electron chi connectivity index (χ3n) is 4.09. The first-order valence-electron chi connectivity index (χ1n) is 7.32. The second-order valence-corrected chi connectivity index (χ2v) is 7.78. The molecule has 18 heavy (non-hydrogen) atoms. The summed E-state index contributed by atoms with van der Waals surface area (Å²) >= 11 is 0. The van der Waals surface area contributed by atoms with Crippen LogP contribution >= 0.6 is 0 Å². The van der Waals surface area contributed by atoms with Gasteiger partial charge in [0.25, 0.3) is 0 Å². The highest BCUT2D eigenvalue weighted by Crippen LogP contribution is 2.30. The summed E-state index contributed by atoms with van der Waals surface area (Å²) in [5.74, 6) is 1.70. The zero-order valence-corrected chi connectivity index (χ0v) is 12.4. The molecule has 1 aliphatic carbocycles. The van der Waals surface area contributed by atoms with E-state index in [2.05, 4.69) is 6.92 Å². The summed E-state index contributed by atoms with van der Waals surface area (Å²) in [6.07, 6.45) is 11.9. The summed E-state index contributed by atoms with van der Waals surface area (Å²) in [6, 6.07) is 0. The summed E-state index contributed by atoms with van der Waals surface area (Å²) in [6.45, 7) is 2.97. The number of rotatable bonds is 3. The van der Waals surface area contributed by atoms with Crippen molar-refractivity contribution in [3.63, 3.8) is 0 Å². The molecule has 1 heterocycles. The van der Waals surface area contributed by atoms with Gasteiger partial charge in [0.1, 0.15) is 0 Å². The van der Waals surface area contributed by atoms with Crippen LogP contribution in [0.2, 0.25) is 0 Å². The fourth-order valence-corrected chi connectivity index (χ4v) is 4.62. The Morgan fingerprint density at radius 2 is 2.00 bits per heavy atom. The first kappa shape index (κ1) is 14.1. The van der Waals surface area contributed by atoms with E-state index < -0.39 is 10.8 Å². The molecule has 0 aromatic carbocycles. The monoisotopic (exact) mass is 270 g/mol. The minimum atomic E-state index is -0.636. The van der Waals surface area contributed by atoms with Gasteiger partial charge < -0.3 is 4.74 Å². The van der Waals surface area contributed by atoms with Gasteiger partial charge in [0.05, 0.1) is 12.9 Å². The molecule has 2 rings (SSSR count). The number of hydrogen-bond donors (Lipinski definition) is 0. The maximum atomic E-state index is 11.8. The molecule has 1 aliphatic heterocycles. The molecule has 2 unspecified atom stereocenters. The van der Waals surface area contributed by atoms with Gasteiger partial charge in [-0.15, -0.1) is 0 Å². The van der Waals surface area contributed by atoms with Crippen LogP contribution in [-0.2, 0) is 15.5 Å². The maximum Gasteiger partial charge on any atom is 0.0935 e. The molecule has 2 aliphatic rings. The molecule has 0 bridgehead atoms. The van der Waals surface area contributed by atoms with Gasteiger partial charge in [-0.25, -0.2) is 0 Å². The average Bonchev–Trinajstić information content (AvgIpc) is 2.52. The van der Waals surface area contributed by atoms with E-state index in [1.165, 1.54) is 44.1 Å². The molecule has 0 amide bonds. The fourth-order valence-electron chi connectivity index (χ4n) is 2.95. The molecular formula is C15H26O2S. The molecule has 1 saturated carbocycles. The highest BCUT2D eigenvalue weighted by atomic mass is 32.2. The lowest BCUT2D eigenvalue weighted by Gasteiger charge is -2.26. The normalized spacial score (nSPS) is 33.8. The molecule has 0 aromatic heterocycles. The Morgan fingerprint density at radius 3 is 2.78 bits per heavy atom. The Bertz CT molecular complexity index is 316. The molecule has 0 N–H and O–H groups in total. The van der Waals surface area contributed by atoms with Crippen LogP contribution in [0.5, 0.6) is 0 Å². The molecule has 0 aromatic rings. The van der Waals surface area contributed by atoms with Crippen LogP contribution in [0.4, 0.5) is 0 Å². The lowest BCUT2D eigenvalue weighted by atomic mass is 9.88. The van der Waals surface area contributed by atoms with Gasteiger partial charge in [0, 0.05) is 27.7 Å². The number of hydrogen-bond acceptors (Lipinski definition) is 2. The summed E-state index contributed by atoms with van der Waals surface area (Å²) < 4.78 is 17.6. The second kappa shape index (κ2) is 6.74. The largest absolute Gasteiger partial charge is 0.501 e. The molecule has 0 spiro atoms. The van der Waals surface area contributed by atoms with Crippen LogP contribution < -0.4 is 0 Å². The van der Waals surface area contributed by atoms with Gasteiger partial charge in [-0.3, -0.25) is 4.21 Å². The molecule has 0 radical (unpaired) electrons. The molecule has 2 fully saturated rings. The van der Waals surface area contributed by atoms with E-state index in [0.29, 0.717) is 0 Å². The molecule has 2 nitrogen and oxygen atoms in total. The van der Waals surface area contributed by atoms with Crippen LogP contribution in [0.15, 0.2) is 11.8 Å². The Kier molecular flexibility index (Phi) is 5.28. The lowest BCUT2D eigenvalue weighted by Crippen LogP contribution is -2.28. The van der Waals surface area contributed by atoms with Crippen LogP contribution in [0.3, 0.4) is 0 Å². The van der Waals surface area contributed by atoms with E-state index in [4.69, 9.17) is 4.74 Å². The van der Waals surface area contributed by atoms with Crippen LogP contribution in [0.25, 0.3) is 0 Å². The molecule has 2 atom stereocenters. The zero-order valence-electron chi connectivity index (χ0n) is 11.6. The van der Waals surface area contributed by atoms with Crippen molar-refractivity contribution in [2.24, 2.45) is 5.41 Å². The van der Waals surface area contributed by atoms with Gasteiger partial charge in [0.2, 0.25) is 0 Å². The van der Waals surface area contributed by atoms with E-state index in [1.54, 1.807) is 0 Å². The highest BCUT2D eigenvalue weighted by molar-refractivity contribution is 7.85. The summed E-state index contributed by atoms with van der Waals surface area (Å²) in [4.78, 5) is 0. The fraction of sp³-hybridized carbons (Fsp3) is 0.867. The van der Waals surface area contributed by atoms with Crippen molar-refractivity contribution in [2.75, 3.05) is 18.1 Å². The van der Waals surface area contributed by atoms with Crippen LogP contribution in [-0.4, -0.2) is 22.3 Å². The predicted octanol–water partition coefficient (Wildman–Crippen LogP) is 3.79. The van der Waals surface area contributed by atoms with E-state index in [9.17, 15) is 4.21 Å². The van der Waals surface area contributed by atoms with Crippen molar-refractivity contribution in [1.82, 2.24) is 0 Å². The third kappa shape index (κ3) is 4.42. The SMILES string of the molecule is CC1(COC=C2CCCCC2)CCCCS(=O)C1. The maximum absolute atomic E-state index is 11.8. The van der Waals surface area contributed by atoms with Gasteiger partial charge in [-0.05, 0) is 44.1 Å². The Balaban J connectivity index is 1.81. The topological polar surface area (TPSA) is 26.3 Å². The summed E-state index contributed by atoms with van der Waals surface area (Å²) in [5.41, 5.74) is 1.59. The van der Waals surface area contributed by atoms with Crippen molar-refractivity contribution >= 4 is 10.8 Å². The summed E-state index contributed by atoms with van der Waals surface area (Å²) in [5, 5.41) is 0. The molecule has 1 saturated heterocycles. The summed E-state index contributed by atoms with van der Waals surface area (Å²) in [7, 11) is -0.636. The first-order valence-corrected chi connectivity index (χ1v) is 8.81. The van der Waals surface area contributed by atoms with Gasteiger partial charge in [0.15, 0.2) is 0 Å². The molecule has 3 heteroatoms. The predicted molar refractivity (Wildman–Crippen MR) is 77.0 cm³/mol. The van der Waals surface area contributed by atoms with Crippen molar-refractivity contribution in [1.29, 1.82) is 0 Å². The minimum Gasteiger partial charge on any atom is -0.501 e. The third-order valence-corrected chi connectivity index (χ3v) is 5.85. The van der Waals surface area contributed by atoms with E-state index in [0.717, 1.165) is 31.0 Å². The average molecular weight is 270 g/mol. The highest BCUT2D eigenvalue weighted by Gasteiger charge is 2.29. The van der Waals surface area contributed by atoms with Gasteiger partial charge in [-0.1, -0.05) is 19.8 Å². The van der Waals surface area contributed by atoms with Gasteiger partial charge in [-0.2, -0.15) is 0 Å². The van der Waals surface area contributed by atoms with Gasteiger partial charge >= 0.3 is 0 Å². The Morgan fingerprint density at radius 1 is 1.22 bits per heavy atom. The Labute approximate surface area is 114 Å². The van der Waals surface area contributed by atoms with Crippen molar-refractivity contribution in [3.05, 3.63) is 11.8 Å². The van der Waals surface area contributed by atoms with Crippen LogP contribution in [0.1, 0.15) is 58.3 Å². The second-order valence-electron chi connectivity index (χ2n) is 6.20. The Hall–Kier alpha value is -0.310. The van der Waals surface area contributed by atoms with Crippen molar-refractivity contribution in [2.45, 2.75) is 58.3 Å². The standard InChI is InChI=1S/C15H26O2S/c1-15(9-5-6-10-18(16)13-15)12-17-11-14-7-3-2-4-8-14/h11H,2-10,12-13H2,1H3. The van der Waals surface area contributed by atoms with Crippen molar-refractivity contribution in [3.8, 4) is 0 Å². The van der Waals surface area contributed by atoms with E-state index >= 15 is 0 Å². The number of ether oxygens (including phenoxy) is 1. The van der Waals surface area contributed by atoms with Crippen molar-refractivity contribution < 1.29 is 8.95 Å². The quantitative estimate of drug-likeness (QED) is 0.729. The minimum absolute atomic E-state index is 0.118. The molecule has 104 valence electrons.